The Balaban J connectivity index is 2.57. The van der Waals surface area contributed by atoms with Crippen LogP contribution in [0, 0.1) is 23.7 Å². The summed E-state index contributed by atoms with van der Waals surface area (Å²) < 4.78 is 6.41. The number of rotatable bonds is 3. The molecule has 0 aromatic heterocycles. The van der Waals surface area contributed by atoms with Gasteiger partial charge in [0.05, 0.1) is 0 Å². The molecule has 0 aromatic rings. The van der Waals surface area contributed by atoms with Crippen LogP contribution in [0.1, 0.15) is 48.0 Å². The molecule has 1 aliphatic rings. The summed E-state index contributed by atoms with van der Waals surface area (Å²) in [5, 5.41) is 0.337. The van der Waals surface area contributed by atoms with Gasteiger partial charge < -0.3 is 4.43 Å². The molecule has 1 fully saturated rings. The second-order valence-electron chi connectivity index (χ2n) is 7.78. The highest BCUT2D eigenvalue weighted by Crippen LogP contribution is 2.43. The molecule has 0 N–H and O–H groups in total. The second-order valence-corrected chi connectivity index (χ2v) is 12.6. The fraction of sp³-hybridized carbons (Fsp3) is 1.00. The first-order valence-corrected chi connectivity index (χ1v) is 10.1. The van der Waals surface area contributed by atoms with Crippen molar-refractivity contribution in [3.8, 4) is 0 Å². The topological polar surface area (TPSA) is 9.23 Å². The van der Waals surface area contributed by atoms with Crippen molar-refractivity contribution in [2.75, 3.05) is 6.61 Å². The van der Waals surface area contributed by atoms with Crippen LogP contribution >= 0.6 is 0 Å². The molecular weight excluding hydrogens is 224 g/mol. The van der Waals surface area contributed by atoms with Gasteiger partial charge in [-0.05, 0) is 48.2 Å². The lowest BCUT2D eigenvalue weighted by Crippen LogP contribution is -2.42. The van der Waals surface area contributed by atoms with Crippen LogP contribution in [-0.4, -0.2) is 14.9 Å². The van der Waals surface area contributed by atoms with Crippen LogP contribution < -0.4 is 0 Å². The fourth-order valence-electron chi connectivity index (χ4n) is 2.75. The molecule has 1 rings (SSSR count). The molecule has 0 aliphatic heterocycles. The molecule has 0 bridgehead atoms. The molecule has 0 heterocycles. The van der Waals surface area contributed by atoms with E-state index in [9.17, 15) is 0 Å². The maximum Gasteiger partial charge on any atom is 0.191 e. The fourth-order valence-corrected chi connectivity index (χ4v) is 3.80. The van der Waals surface area contributed by atoms with Crippen molar-refractivity contribution in [2.45, 2.75) is 66.1 Å². The number of hydrogen-bond acceptors (Lipinski definition) is 1. The van der Waals surface area contributed by atoms with E-state index in [1.807, 2.05) is 0 Å². The number of hydrogen-bond donors (Lipinski definition) is 0. The summed E-state index contributed by atoms with van der Waals surface area (Å²) in [6, 6.07) is 0. The monoisotopic (exact) mass is 256 g/mol. The summed E-state index contributed by atoms with van der Waals surface area (Å²) in [7, 11) is -1.55. The molecule has 17 heavy (non-hydrogen) atoms. The van der Waals surface area contributed by atoms with Crippen molar-refractivity contribution in [1.29, 1.82) is 0 Å². The molecule has 4 atom stereocenters. The molecule has 0 aromatic carbocycles. The highest BCUT2D eigenvalue weighted by molar-refractivity contribution is 6.74. The molecule has 0 radical (unpaired) electrons. The molecule has 0 saturated heterocycles. The third kappa shape index (κ3) is 3.34. The zero-order chi connectivity index (χ0) is 13.4. The summed E-state index contributed by atoms with van der Waals surface area (Å²) >= 11 is 0. The van der Waals surface area contributed by atoms with Crippen molar-refractivity contribution >= 4 is 8.32 Å². The largest absolute Gasteiger partial charge is 0.417 e. The van der Waals surface area contributed by atoms with Crippen LogP contribution in [-0.2, 0) is 4.43 Å². The van der Waals surface area contributed by atoms with Crippen LogP contribution in [0.3, 0.4) is 0 Å². The van der Waals surface area contributed by atoms with E-state index in [1.54, 1.807) is 0 Å². The van der Waals surface area contributed by atoms with E-state index in [1.165, 1.54) is 6.42 Å². The van der Waals surface area contributed by atoms with Crippen molar-refractivity contribution in [2.24, 2.45) is 23.7 Å². The Bertz CT molecular complexity index is 254. The van der Waals surface area contributed by atoms with Gasteiger partial charge in [0.15, 0.2) is 8.32 Å². The summed E-state index contributed by atoms with van der Waals surface area (Å²) in [5.74, 6) is 3.32. The van der Waals surface area contributed by atoms with E-state index in [2.05, 4.69) is 54.6 Å². The van der Waals surface area contributed by atoms with Gasteiger partial charge in [-0.15, -0.1) is 0 Å². The molecule has 1 nitrogen and oxygen atoms in total. The summed E-state index contributed by atoms with van der Waals surface area (Å²) in [4.78, 5) is 0. The highest BCUT2D eigenvalue weighted by Gasteiger charge is 2.41. The molecule has 2 heteroatoms. The van der Waals surface area contributed by atoms with Crippen molar-refractivity contribution < 1.29 is 4.43 Å². The Morgan fingerprint density at radius 3 is 1.94 bits per heavy atom. The Hall–Kier alpha value is 0.177. The summed E-state index contributed by atoms with van der Waals surface area (Å²) in [6.45, 7) is 19.9. The van der Waals surface area contributed by atoms with Gasteiger partial charge in [0.2, 0.25) is 0 Å². The molecule has 102 valence electrons. The van der Waals surface area contributed by atoms with Gasteiger partial charge in [-0.25, -0.2) is 0 Å². The van der Waals surface area contributed by atoms with Gasteiger partial charge in [0, 0.05) is 6.61 Å². The zero-order valence-corrected chi connectivity index (χ0v) is 14.1. The lowest BCUT2D eigenvalue weighted by Gasteiger charge is -2.38. The maximum atomic E-state index is 6.41. The minimum Gasteiger partial charge on any atom is -0.417 e. The van der Waals surface area contributed by atoms with E-state index in [0.29, 0.717) is 5.04 Å². The first kappa shape index (κ1) is 15.2. The van der Waals surface area contributed by atoms with Crippen LogP contribution in [0.25, 0.3) is 0 Å². The normalized spacial score (nSPS) is 35.3. The lowest BCUT2D eigenvalue weighted by atomic mass is 9.90. The van der Waals surface area contributed by atoms with Gasteiger partial charge in [0.1, 0.15) is 0 Å². The molecule has 1 aliphatic carbocycles. The Morgan fingerprint density at radius 2 is 1.59 bits per heavy atom. The van der Waals surface area contributed by atoms with E-state index in [0.717, 1.165) is 30.3 Å². The van der Waals surface area contributed by atoms with Crippen molar-refractivity contribution in [1.82, 2.24) is 0 Å². The zero-order valence-electron chi connectivity index (χ0n) is 13.1. The third-order valence-corrected chi connectivity index (χ3v) is 9.99. The molecular formula is C15H32OSi. The quantitative estimate of drug-likeness (QED) is 0.650. The minimum absolute atomic E-state index is 0.337. The van der Waals surface area contributed by atoms with Crippen molar-refractivity contribution in [3.05, 3.63) is 0 Å². The first-order chi connectivity index (χ1) is 7.56. The minimum atomic E-state index is -1.55. The highest BCUT2D eigenvalue weighted by atomic mass is 28.4. The summed E-state index contributed by atoms with van der Waals surface area (Å²) in [6.07, 6.45) is 1.38. The third-order valence-electron chi connectivity index (χ3n) is 5.49. The van der Waals surface area contributed by atoms with Crippen LogP contribution in [0.5, 0.6) is 0 Å². The molecule has 1 saturated carbocycles. The Kier molecular flexibility index (Phi) is 4.52. The van der Waals surface area contributed by atoms with Crippen molar-refractivity contribution in [3.63, 3.8) is 0 Å². The van der Waals surface area contributed by atoms with Crippen LogP contribution in [0.4, 0.5) is 0 Å². The first-order valence-electron chi connectivity index (χ1n) is 7.20. The SMILES string of the molecule is CC1CC(C)[C@@H](CO[Si](C)(C)C(C)(C)C)[C@@H]1C. The average molecular weight is 257 g/mol. The van der Waals surface area contributed by atoms with Gasteiger partial charge in [-0.1, -0.05) is 41.5 Å². The Morgan fingerprint density at radius 1 is 1.06 bits per heavy atom. The lowest BCUT2D eigenvalue weighted by molar-refractivity contribution is 0.171. The molecule has 2 unspecified atom stereocenters. The van der Waals surface area contributed by atoms with E-state index >= 15 is 0 Å². The maximum absolute atomic E-state index is 6.41. The predicted molar refractivity (Wildman–Crippen MR) is 78.7 cm³/mol. The summed E-state index contributed by atoms with van der Waals surface area (Å²) in [5.41, 5.74) is 0. The van der Waals surface area contributed by atoms with Gasteiger partial charge in [-0.3, -0.25) is 0 Å². The van der Waals surface area contributed by atoms with Gasteiger partial charge in [0.25, 0.3) is 0 Å². The van der Waals surface area contributed by atoms with E-state index in [4.69, 9.17) is 4.43 Å². The average Bonchev–Trinajstić information content (AvgIpc) is 2.37. The second kappa shape index (κ2) is 5.04. The van der Waals surface area contributed by atoms with E-state index in [-0.39, 0.29) is 0 Å². The Labute approximate surface area is 109 Å². The standard InChI is InChI=1S/C15H32OSi/c1-11-9-12(2)14(13(11)3)10-16-17(7,8)15(4,5)6/h11-14H,9-10H2,1-8H3/t11?,12?,13-,14-/m1/s1. The smallest absolute Gasteiger partial charge is 0.191 e. The van der Waals surface area contributed by atoms with E-state index < -0.39 is 8.32 Å². The van der Waals surface area contributed by atoms with Crippen LogP contribution in [0.15, 0.2) is 0 Å². The predicted octanol–water partition coefficient (Wildman–Crippen LogP) is 4.94. The molecule has 0 amide bonds. The van der Waals surface area contributed by atoms with Crippen LogP contribution in [0.2, 0.25) is 18.1 Å². The van der Waals surface area contributed by atoms with Gasteiger partial charge in [-0.2, -0.15) is 0 Å². The van der Waals surface area contributed by atoms with Gasteiger partial charge >= 0.3 is 0 Å². The molecule has 0 spiro atoms.